The fraction of sp³-hybridized carbons (Fsp3) is 0.141. The molecule has 0 aliphatic heterocycles. The molecule has 0 saturated heterocycles. The Bertz CT molecular complexity index is 6930. The molecule has 12 aromatic heterocycles. The van der Waals surface area contributed by atoms with Crippen molar-refractivity contribution in [2.45, 2.75) is 54.2 Å². The third-order valence-electron chi connectivity index (χ3n) is 19.1. The summed E-state index contributed by atoms with van der Waals surface area (Å²) >= 11 is 3.81. The highest BCUT2D eigenvalue weighted by molar-refractivity contribution is 7.36. The van der Waals surface area contributed by atoms with Crippen LogP contribution >= 0.6 is 22.7 Å². The normalized spacial score (nSPS) is 13.2. The summed E-state index contributed by atoms with van der Waals surface area (Å²) in [5, 5.41) is 11.9. The largest absolute Gasteiger partial charge is 0.425 e. The summed E-state index contributed by atoms with van der Waals surface area (Å²) in [6.07, 6.45) is 12.4. The minimum Gasteiger partial charge on any atom is -0.425 e. The maximum atomic E-state index is 7.67. The summed E-state index contributed by atoms with van der Waals surface area (Å²) in [6.45, 7) is 5.67. The number of thiophene rings is 2. The van der Waals surface area contributed by atoms with Crippen molar-refractivity contribution in [3.8, 4) is 45.0 Å². The van der Waals surface area contributed by atoms with Gasteiger partial charge < -0.3 is 26.5 Å². The van der Waals surface area contributed by atoms with Crippen LogP contribution in [0.15, 0.2) is 240 Å². The number of hydrogen-bond acceptors (Lipinski definition) is 11. The molecule has 20 aromatic rings. The van der Waals surface area contributed by atoms with Crippen LogP contribution in [-0.2, 0) is 28.2 Å². The quantitative estimate of drug-likeness (QED) is 0.154. The van der Waals surface area contributed by atoms with E-state index in [0.717, 1.165) is 121 Å². The number of aromatic nitrogens is 7. The molecule has 13 nitrogen and oxygen atoms in total. The van der Waals surface area contributed by atoms with E-state index in [1.165, 1.54) is 52.0 Å². The Hall–Kier alpha value is -11.7. The SMILES string of the molecule is Cc1cc2c(cc1-c1ccnc[n+]1C)sc1c3ccccc3sc21.Cc1ccc2c(oc3oc4ccccc4c32)c1-c1cccc[n+]1C.[2H]C([2H])([2H])C(C)c1c[n+](C)c(-c2c(C)ccc3c2oc2oc4ccccc4c23)cn1.[2H]C([2H])([2H])c1c[n+](C)c(-c2c(C)ccc3c2oc2oc4ccccc4c23)cn1. The van der Waals surface area contributed by atoms with Crippen molar-refractivity contribution in [1.82, 2.24) is 15.0 Å². The van der Waals surface area contributed by atoms with Crippen molar-refractivity contribution in [3.63, 3.8) is 0 Å². The molecule has 0 fully saturated rings. The zero-order valence-corrected chi connectivity index (χ0v) is 57.8. The Balaban J connectivity index is 0.000000104. The summed E-state index contributed by atoms with van der Waals surface area (Å²) < 4.78 is 95.5. The first-order valence-corrected chi connectivity index (χ1v) is 34.5. The van der Waals surface area contributed by atoms with Crippen molar-refractivity contribution in [2.75, 3.05) is 0 Å². The molecule has 0 spiro atoms. The number of furan rings is 6. The van der Waals surface area contributed by atoms with Gasteiger partial charge in [-0.1, -0.05) is 128 Å². The van der Waals surface area contributed by atoms with Crippen molar-refractivity contribution in [2.24, 2.45) is 28.2 Å². The van der Waals surface area contributed by atoms with E-state index in [0.29, 0.717) is 28.6 Å². The summed E-state index contributed by atoms with van der Waals surface area (Å²) in [7, 11) is 7.81. The number of benzene rings is 8. The molecule has 488 valence electrons. The van der Waals surface area contributed by atoms with Crippen molar-refractivity contribution >= 4 is 152 Å². The first-order valence-electron chi connectivity index (χ1n) is 35.9. The van der Waals surface area contributed by atoms with Gasteiger partial charge in [0.2, 0.25) is 17.1 Å². The van der Waals surface area contributed by atoms with E-state index >= 15 is 0 Å². The molecule has 100 heavy (non-hydrogen) atoms. The molecule has 20 rings (SSSR count). The Morgan fingerprint density at radius 1 is 0.420 bits per heavy atom. The standard InChI is InChI=1S/C23H21N2O2.C21H17N2O2.C21H16NO2.C20H15N2S2/c1-13(2)17-12-25(4)18(11-24-17)20-14(3)9-10-16-21-15-7-5-6-8-19(15)26-23(21)27-22(16)20;1-12-8-9-15-19-14-6-4-5-7-17(14)24-21(19)25-20(15)18(12)16-10-22-13(2)11-23(16)3;1-13-10-11-15-19-14-7-3-4-9-17(14)23-21(19)24-20(15)18(13)16-8-5-6-12-22(16)2;1-12-9-15-18(10-14(12)16-7-8-21-11-22(16)2)24-19-13-5-3-4-6-17(13)23-20(15)19/h5-13H,1-4H3;4-11H,1-3H3;3-12H,1-2H3;3-11H,1-2H3/q4*+1/i1D3;2D3;;. The third-order valence-corrected chi connectivity index (χ3v) is 21.6. The number of aryl methyl sites for hydroxylation is 9. The lowest BCUT2D eigenvalue weighted by Crippen LogP contribution is -2.32. The number of fused-ring (bicyclic) bond motifs is 20. The number of para-hydroxylation sites is 3. The molecule has 0 amide bonds. The Kier molecular flexibility index (Phi) is 13.5. The van der Waals surface area contributed by atoms with E-state index in [1.807, 2.05) is 160 Å². The average Bonchev–Trinajstić information content (AvgIpc) is 1.59. The van der Waals surface area contributed by atoms with Gasteiger partial charge in [0.1, 0.15) is 61.2 Å². The van der Waals surface area contributed by atoms with Crippen molar-refractivity contribution < 1.29 is 53.0 Å². The van der Waals surface area contributed by atoms with E-state index in [1.54, 1.807) is 36.3 Å². The van der Waals surface area contributed by atoms with Crippen LogP contribution < -0.4 is 18.3 Å². The fourth-order valence-electron chi connectivity index (χ4n) is 14.1. The van der Waals surface area contributed by atoms with Crippen LogP contribution in [0, 0.1) is 34.5 Å². The average molecular weight is 1350 g/mol. The van der Waals surface area contributed by atoms with Gasteiger partial charge in [0.25, 0.3) is 23.7 Å². The van der Waals surface area contributed by atoms with Crippen LogP contribution in [0.1, 0.15) is 61.6 Å². The zero-order valence-electron chi connectivity index (χ0n) is 62.2. The second-order valence-corrected chi connectivity index (χ2v) is 27.7. The van der Waals surface area contributed by atoms with Crippen LogP contribution in [0.3, 0.4) is 0 Å². The zero-order chi connectivity index (χ0) is 73.4. The molecule has 15 heteroatoms. The highest BCUT2D eigenvalue weighted by Crippen LogP contribution is 2.48. The highest BCUT2D eigenvalue weighted by atomic mass is 32.1. The van der Waals surface area contributed by atoms with Gasteiger partial charge in [-0.05, 0) is 99.3 Å². The van der Waals surface area contributed by atoms with E-state index in [9.17, 15) is 0 Å². The topological polar surface area (TPSA) is 133 Å². The second kappa shape index (κ2) is 24.4. The van der Waals surface area contributed by atoms with E-state index in [2.05, 4.69) is 136 Å². The maximum absolute atomic E-state index is 7.67. The van der Waals surface area contributed by atoms with Gasteiger partial charge in [-0.3, -0.25) is 0 Å². The lowest BCUT2D eigenvalue weighted by molar-refractivity contribution is -0.663. The first-order chi connectivity index (χ1) is 51.1. The molecular formula is C85H69N7O6S2+4. The second-order valence-electron chi connectivity index (χ2n) is 25.6. The molecule has 0 bridgehead atoms. The van der Waals surface area contributed by atoms with Crippen LogP contribution in [0.4, 0.5) is 0 Å². The fourth-order valence-corrected chi connectivity index (χ4v) is 16.8. The molecule has 12 heterocycles. The number of rotatable bonds is 5. The Labute approximate surface area is 590 Å². The van der Waals surface area contributed by atoms with Crippen LogP contribution in [0.5, 0.6) is 0 Å². The van der Waals surface area contributed by atoms with Crippen LogP contribution in [-0.4, -0.2) is 15.0 Å². The molecule has 0 aliphatic rings. The number of nitrogens with zero attached hydrogens (tertiary/aromatic N) is 7. The predicted octanol–water partition coefficient (Wildman–Crippen LogP) is 21.1. The molecule has 1 atom stereocenters. The summed E-state index contributed by atoms with van der Waals surface area (Å²) in [5.74, 6) is 0.933. The third kappa shape index (κ3) is 10.3. The van der Waals surface area contributed by atoms with Crippen LogP contribution in [0.25, 0.3) is 174 Å². The molecule has 0 aliphatic carbocycles. The summed E-state index contributed by atoms with van der Waals surface area (Å²) in [5.41, 5.74) is 18.1. The minimum absolute atomic E-state index is 0.0581. The Morgan fingerprint density at radius 2 is 0.910 bits per heavy atom. The Morgan fingerprint density at radius 3 is 1.43 bits per heavy atom. The number of pyridine rings is 1. The molecular weight excluding hydrogens is 1280 g/mol. The monoisotopic (exact) mass is 1350 g/mol. The highest BCUT2D eigenvalue weighted by Gasteiger charge is 2.28. The van der Waals surface area contributed by atoms with Gasteiger partial charge in [-0.2, -0.15) is 9.13 Å². The van der Waals surface area contributed by atoms with Gasteiger partial charge >= 0.3 is 0 Å². The predicted molar refractivity (Wildman–Crippen MR) is 403 cm³/mol. The lowest BCUT2D eigenvalue weighted by Gasteiger charge is -2.07. The van der Waals surface area contributed by atoms with Crippen molar-refractivity contribution in [1.29, 1.82) is 0 Å². The smallest absolute Gasteiger partial charge is 0.299 e. The summed E-state index contributed by atoms with van der Waals surface area (Å²) in [4.78, 5) is 12.8. The minimum atomic E-state index is -2.25. The molecule has 0 radical (unpaired) electrons. The van der Waals surface area contributed by atoms with E-state index in [4.69, 9.17) is 34.7 Å². The van der Waals surface area contributed by atoms with Gasteiger partial charge in [-0.25, -0.2) is 19.1 Å². The van der Waals surface area contributed by atoms with Gasteiger partial charge in [0.05, 0.1) is 61.7 Å². The van der Waals surface area contributed by atoms with E-state index < -0.39 is 19.6 Å². The number of hydrogen-bond donors (Lipinski definition) is 0. The van der Waals surface area contributed by atoms with E-state index in [-0.39, 0.29) is 5.69 Å². The maximum Gasteiger partial charge on any atom is 0.299 e. The molecule has 8 aromatic carbocycles. The molecule has 0 N–H and O–H groups in total. The molecule has 0 saturated carbocycles. The lowest BCUT2D eigenvalue weighted by atomic mass is 10.0. The van der Waals surface area contributed by atoms with Gasteiger partial charge in [-0.15, -0.1) is 22.7 Å². The molecule has 1 unspecified atom stereocenters. The van der Waals surface area contributed by atoms with Crippen molar-refractivity contribution in [3.05, 3.63) is 247 Å². The van der Waals surface area contributed by atoms with Gasteiger partial charge in [0.15, 0.2) is 35.3 Å². The van der Waals surface area contributed by atoms with Gasteiger partial charge in [0, 0.05) is 90.4 Å². The first kappa shape index (κ1) is 55.4. The van der Waals surface area contributed by atoms with Crippen LogP contribution in [0.2, 0.25) is 0 Å². The summed E-state index contributed by atoms with van der Waals surface area (Å²) in [6, 6.07) is 57.9.